The summed E-state index contributed by atoms with van der Waals surface area (Å²) < 4.78 is 22.3. The summed E-state index contributed by atoms with van der Waals surface area (Å²) in [4.78, 5) is 12.8. The van der Waals surface area contributed by atoms with E-state index in [1.54, 1.807) is 12.1 Å². The highest BCUT2D eigenvalue weighted by Crippen LogP contribution is 2.32. The van der Waals surface area contributed by atoms with Gasteiger partial charge in [-0.2, -0.15) is 5.10 Å². The van der Waals surface area contributed by atoms with E-state index in [0.717, 1.165) is 17.9 Å². The Kier molecular flexibility index (Phi) is 5.94. The first-order chi connectivity index (χ1) is 14.8. The van der Waals surface area contributed by atoms with Crippen LogP contribution in [0.25, 0.3) is 0 Å². The Labute approximate surface area is 183 Å². The van der Waals surface area contributed by atoms with Crippen molar-refractivity contribution in [2.75, 3.05) is 0 Å². The Morgan fingerprint density at radius 3 is 2.45 bits per heavy atom. The molecule has 0 atom stereocenters. The third kappa shape index (κ3) is 5.60. The lowest BCUT2D eigenvalue weighted by Gasteiger charge is -2.14. The van der Waals surface area contributed by atoms with Gasteiger partial charge >= 0.3 is 0 Å². The van der Waals surface area contributed by atoms with Crippen LogP contribution in [0, 0.1) is 11.7 Å². The van der Waals surface area contributed by atoms with Crippen LogP contribution in [0.5, 0.6) is 11.5 Å². The van der Waals surface area contributed by atoms with Crippen LogP contribution in [0.2, 0.25) is 0 Å². The molecule has 1 aliphatic carbocycles. The Bertz CT molecular complexity index is 1060. The minimum absolute atomic E-state index is 0.0203. The number of hydrogen-bond donors (Lipinski definition) is 0. The molecule has 0 amide bonds. The van der Waals surface area contributed by atoms with E-state index in [1.807, 2.05) is 41.1 Å². The molecule has 31 heavy (non-hydrogen) atoms. The van der Waals surface area contributed by atoms with Crippen LogP contribution in [0.1, 0.15) is 50.6 Å². The number of benzene rings is 2. The summed E-state index contributed by atoms with van der Waals surface area (Å²) in [6.07, 6.45) is 2.76. The Morgan fingerprint density at radius 1 is 1.06 bits per heavy atom. The van der Waals surface area contributed by atoms with Crippen LogP contribution < -0.4 is 4.74 Å². The van der Waals surface area contributed by atoms with Crippen molar-refractivity contribution in [1.82, 2.24) is 9.78 Å². The van der Waals surface area contributed by atoms with Gasteiger partial charge in [-0.25, -0.2) is 4.39 Å². The van der Waals surface area contributed by atoms with Crippen LogP contribution in [0.15, 0.2) is 54.6 Å². The molecule has 0 bridgehead atoms. The number of aromatic nitrogens is 2. The number of nitrogens with zero attached hydrogens (tertiary/aromatic N) is 2. The second-order valence-electron chi connectivity index (χ2n) is 9.46. The Balaban J connectivity index is 1.44. The zero-order valence-electron chi connectivity index (χ0n) is 18.4. The zero-order chi connectivity index (χ0) is 22.0. The average Bonchev–Trinajstić information content (AvgIpc) is 3.43. The largest absolute Gasteiger partial charge is 0.457 e. The van der Waals surface area contributed by atoms with Crippen molar-refractivity contribution in [3.8, 4) is 11.5 Å². The number of ketones is 1. The summed E-state index contributed by atoms with van der Waals surface area (Å²) in [5.41, 5.74) is 2.22. The van der Waals surface area contributed by atoms with Crippen LogP contribution in [-0.4, -0.2) is 15.6 Å². The van der Waals surface area contributed by atoms with Gasteiger partial charge in [0.1, 0.15) is 23.1 Å². The van der Waals surface area contributed by atoms with Crippen LogP contribution >= 0.6 is 0 Å². The third-order valence-electron chi connectivity index (χ3n) is 5.53. The number of ether oxygens (including phenoxy) is 1. The molecule has 0 aliphatic heterocycles. The molecule has 1 heterocycles. The molecule has 1 saturated carbocycles. The molecule has 2 aromatic carbocycles. The van der Waals surface area contributed by atoms with Gasteiger partial charge < -0.3 is 4.74 Å². The summed E-state index contributed by atoms with van der Waals surface area (Å²) in [5, 5.41) is 4.76. The lowest BCUT2D eigenvalue weighted by Crippen LogP contribution is -2.14. The van der Waals surface area contributed by atoms with Crippen molar-refractivity contribution in [2.24, 2.45) is 5.92 Å². The van der Waals surface area contributed by atoms with E-state index in [9.17, 15) is 9.18 Å². The first kappa shape index (κ1) is 21.3. The maximum atomic E-state index is 14.6. The zero-order valence-corrected chi connectivity index (χ0v) is 18.4. The fraction of sp³-hybridized carbons (Fsp3) is 0.385. The quantitative estimate of drug-likeness (QED) is 0.457. The molecule has 5 heteroatoms. The summed E-state index contributed by atoms with van der Waals surface area (Å²) in [6, 6.07) is 15.9. The van der Waals surface area contributed by atoms with Gasteiger partial charge in [-0.3, -0.25) is 9.48 Å². The number of halogens is 1. The molecule has 1 fully saturated rings. The van der Waals surface area contributed by atoms with Crippen molar-refractivity contribution in [2.45, 2.75) is 58.4 Å². The van der Waals surface area contributed by atoms with Gasteiger partial charge in [0.05, 0.1) is 5.69 Å². The monoisotopic (exact) mass is 420 g/mol. The van der Waals surface area contributed by atoms with Gasteiger partial charge in [-0.05, 0) is 48.6 Å². The number of Topliss-reactive ketones (excluding diaryl/α,β-unsaturated/α-hetero) is 1. The Hall–Kier alpha value is -2.95. The van der Waals surface area contributed by atoms with E-state index in [2.05, 4.69) is 20.8 Å². The van der Waals surface area contributed by atoms with E-state index in [-0.39, 0.29) is 24.0 Å². The predicted molar refractivity (Wildman–Crippen MR) is 119 cm³/mol. The number of carbonyl (C=O) groups is 1. The molecule has 0 N–H and O–H groups in total. The standard InChI is InChI=1S/C26H29FN2O2/c1-26(2,3)25-15-20(29(28-25)17-18-9-10-18)14-21(30)13-19-11-12-23(16-24(19)27)31-22-7-5-4-6-8-22/h4-8,11-12,15-16,18H,9-10,13-14,17H2,1-3H3. The molecule has 4 rings (SSSR count). The highest BCUT2D eigenvalue weighted by atomic mass is 19.1. The summed E-state index contributed by atoms with van der Waals surface area (Å²) >= 11 is 0. The summed E-state index contributed by atoms with van der Waals surface area (Å²) in [7, 11) is 0. The molecule has 0 saturated heterocycles. The first-order valence-electron chi connectivity index (χ1n) is 10.9. The summed E-state index contributed by atoms with van der Waals surface area (Å²) in [6.45, 7) is 7.23. The molecule has 4 nitrogen and oxygen atoms in total. The smallest absolute Gasteiger partial charge is 0.143 e. The average molecular weight is 421 g/mol. The SMILES string of the molecule is CC(C)(C)c1cc(CC(=O)Cc2ccc(Oc3ccccc3)cc2F)n(CC2CC2)n1. The number of rotatable bonds is 8. The van der Waals surface area contributed by atoms with Gasteiger partial charge in [0.25, 0.3) is 0 Å². The van der Waals surface area contributed by atoms with Gasteiger partial charge in [-0.1, -0.05) is 45.0 Å². The van der Waals surface area contributed by atoms with Gasteiger partial charge in [0, 0.05) is 36.6 Å². The van der Waals surface area contributed by atoms with Crippen molar-refractivity contribution in [3.05, 3.63) is 77.4 Å². The second-order valence-corrected chi connectivity index (χ2v) is 9.46. The fourth-order valence-electron chi connectivity index (χ4n) is 3.50. The lowest BCUT2D eigenvalue weighted by atomic mass is 9.92. The third-order valence-corrected chi connectivity index (χ3v) is 5.53. The van der Waals surface area contributed by atoms with E-state index < -0.39 is 5.82 Å². The molecule has 0 spiro atoms. The number of para-hydroxylation sites is 1. The van der Waals surface area contributed by atoms with Crippen LogP contribution in [0.4, 0.5) is 4.39 Å². The molecule has 1 aliphatic rings. The Morgan fingerprint density at radius 2 is 1.81 bits per heavy atom. The lowest BCUT2D eigenvalue weighted by molar-refractivity contribution is -0.117. The van der Waals surface area contributed by atoms with Gasteiger partial charge in [0.2, 0.25) is 0 Å². The van der Waals surface area contributed by atoms with Gasteiger partial charge in [-0.15, -0.1) is 0 Å². The molecule has 3 aromatic rings. The summed E-state index contributed by atoms with van der Waals surface area (Å²) in [5.74, 6) is 1.27. The van der Waals surface area contributed by atoms with Crippen LogP contribution in [-0.2, 0) is 29.6 Å². The maximum Gasteiger partial charge on any atom is 0.143 e. The van der Waals surface area contributed by atoms with Crippen LogP contribution in [0.3, 0.4) is 0 Å². The minimum atomic E-state index is -0.427. The fourth-order valence-corrected chi connectivity index (χ4v) is 3.50. The highest BCUT2D eigenvalue weighted by Gasteiger charge is 2.26. The predicted octanol–water partition coefficient (Wildman–Crippen LogP) is 5.88. The van der Waals surface area contributed by atoms with E-state index in [1.165, 1.54) is 18.9 Å². The van der Waals surface area contributed by atoms with E-state index in [0.29, 0.717) is 23.0 Å². The van der Waals surface area contributed by atoms with Crippen molar-refractivity contribution < 1.29 is 13.9 Å². The molecule has 1 aromatic heterocycles. The molecular weight excluding hydrogens is 391 g/mol. The molecule has 0 unspecified atom stereocenters. The van der Waals surface area contributed by atoms with Crippen molar-refractivity contribution >= 4 is 5.78 Å². The normalized spacial score (nSPS) is 13.9. The van der Waals surface area contributed by atoms with Crippen molar-refractivity contribution in [1.29, 1.82) is 0 Å². The van der Waals surface area contributed by atoms with E-state index >= 15 is 0 Å². The highest BCUT2D eigenvalue weighted by molar-refractivity contribution is 5.83. The minimum Gasteiger partial charge on any atom is -0.457 e. The topological polar surface area (TPSA) is 44.1 Å². The van der Waals surface area contributed by atoms with E-state index in [4.69, 9.17) is 9.84 Å². The number of hydrogen-bond acceptors (Lipinski definition) is 3. The molecular formula is C26H29FN2O2. The molecule has 0 radical (unpaired) electrons. The molecule has 162 valence electrons. The van der Waals surface area contributed by atoms with Crippen molar-refractivity contribution in [3.63, 3.8) is 0 Å². The second kappa shape index (κ2) is 8.66. The number of carbonyl (C=O) groups excluding carboxylic acids is 1. The van der Waals surface area contributed by atoms with Gasteiger partial charge in [0.15, 0.2) is 0 Å². The maximum absolute atomic E-state index is 14.6. The first-order valence-corrected chi connectivity index (χ1v) is 10.9.